The van der Waals surface area contributed by atoms with Gasteiger partial charge in [0.25, 0.3) is 5.91 Å². The summed E-state index contributed by atoms with van der Waals surface area (Å²) in [6.07, 6.45) is 0.671. The van der Waals surface area contributed by atoms with Gasteiger partial charge in [-0.2, -0.15) is 0 Å². The lowest BCUT2D eigenvalue weighted by atomic mass is 9.84. The number of carbonyl (C=O) groups is 2. The number of benzene rings is 2. The Morgan fingerprint density at radius 2 is 1.89 bits per heavy atom. The largest absolute Gasteiger partial charge is 0.508 e. The second-order valence-corrected chi connectivity index (χ2v) is 7.49. The molecule has 0 bridgehead atoms. The maximum atomic E-state index is 13.3. The number of aromatic hydroxyl groups is 1. The third-order valence-corrected chi connectivity index (χ3v) is 5.54. The van der Waals surface area contributed by atoms with Crippen LogP contribution in [0, 0.1) is 12.8 Å². The van der Waals surface area contributed by atoms with E-state index in [0.29, 0.717) is 39.2 Å². The van der Waals surface area contributed by atoms with Gasteiger partial charge in [-0.15, -0.1) is 0 Å². The monoisotopic (exact) mass is 399 g/mol. The molecule has 0 aliphatic carbocycles. The molecule has 0 saturated carbocycles. The van der Waals surface area contributed by atoms with Gasteiger partial charge in [-0.3, -0.25) is 14.2 Å². The first-order valence-electron chi connectivity index (χ1n) is 9.13. The molecule has 0 amide bonds. The smallest absolute Gasteiger partial charge is 0.311 e. The van der Waals surface area contributed by atoms with Gasteiger partial charge in [-0.25, -0.2) is 0 Å². The Hall–Kier alpha value is -2.79. The van der Waals surface area contributed by atoms with Crippen molar-refractivity contribution in [3.63, 3.8) is 0 Å². The molecule has 1 unspecified atom stereocenters. The van der Waals surface area contributed by atoms with E-state index in [-0.39, 0.29) is 17.6 Å². The zero-order valence-electron chi connectivity index (χ0n) is 15.9. The molecule has 2 N–H and O–H groups in total. The lowest BCUT2D eigenvalue weighted by Crippen LogP contribution is -2.21. The van der Waals surface area contributed by atoms with Crippen LogP contribution in [0.25, 0.3) is 10.9 Å². The number of aliphatic carboxylic acids is 1. The van der Waals surface area contributed by atoms with Crippen LogP contribution >= 0.6 is 11.6 Å². The molecule has 1 aromatic heterocycles. The van der Waals surface area contributed by atoms with Gasteiger partial charge in [-0.05, 0) is 54.8 Å². The number of aromatic nitrogens is 1. The Kier molecular flexibility index (Phi) is 5.47. The predicted molar refractivity (Wildman–Crippen MR) is 109 cm³/mol. The summed E-state index contributed by atoms with van der Waals surface area (Å²) < 4.78 is 1.51. The number of carboxylic acid groups (broad SMARTS) is 1. The molecule has 0 aliphatic heterocycles. The standard InChI is InChI=1S/C22H22ClNO4/c1-4-12(2)19(22(27)28)20-13(3)24(18-9-8-16(25)11-17(18)20)21(26)14-6-5-7-15(23)10-14/h5-12,19,25H,4H2,1-3H3,(H,27,28)/t12?,19-/m0/s1. The van der Waals surface area contributed by atoms with E-state index in [0.717, 1.165) is 0 Å². The van der Waals surface area contributed by atoms with Crippen LogP contribution in [0.3, 0.4) is 0 Å². The molecule has 0 saturated heterocycles. The maximum absolute atomic E-state index is 13.3. The number of hydrogen-bond donors (Lipinski definition) is 2. The quantitative estimate of drug-likeness (QED) is 0.617. The molecular formula is C22H22ClNO4. The fraction of sp³-hybridized carbons (Fsp3) is 0.273. The zero-order valence-corrected chi connectivity index (χ0v) is 16.7. The number of rotatable bonds is 5. The van der Waals surface area contributed by atoms with Crippen LogP contribution in [-0.2, 0) is 4.79 Å². The van der Waals surface area contributed by atoms with Crippen molar-refractivity contribution in [2.45, 2.75) is 33.1 Å². The van der Waals surface area contributed by atoms with Crippen molar-refractivity contribution in [1.82, 2.24) is 4.57 Å². The number of carbonyl (C=O) groups excluding carboxylic acids is 1. The van der Waals surface area contributed by atoms with Crippen LogP contribution in [0.4, 0.5) is 0 Å². The fourth-order valence-electron chi connectivity index (χ4n) is 3.72. The molecule has 5 nitrogen and oxygen atoms in total. The molecule has 3 aromatic rings. The molecule has 146 valence electrons. The topological polar surface area (TPSA) is 79.5 Å². The first kappa shape index (κ1) is 20.0. The number of hydrogen-bond acceptors (Lipinski definition) is 3. The van der Waals surface area contributed by atoms with Crippen LogP contribution in [0.1, 0.15) is 47.8 Å². The number of phenols is 1. The van der Waals surface area contributed by atoms with Crippen LogP contribution in [0.15, 0.2) is 42.5 Å². The highest BCUT2D eigenvalue weighted by Crippen LogP contribution is 2.38. The first-order valence-corrected chi connectivity index (χ1v) is 9.51. The zero-order chi connectivity index (χ0) is 20.6. The molecule has 0 spiro atoms. The van der Waals surface area contributed by atoms with Crippen LogP contribution in [-0.4, -0.2) is 26.7 Å². The van der Waals surface area contributed by atoms with E-state index < -0.39 is 11.9 Å². The summed E-state index contributed by atoms with van der Waals surface area (Å²) in [5.74, 6) is -2.15. The molecule has 2 aromatic carbocycles. The Morgan fingerprint density at radius 3 is 2.50 bits per heavy atom. The molecule has 0 fully saturated rings. The highest BCUT2D eigenvalue weighted by atomic mass is 35.5. The average molecular weight is 400 g/mol. The first-order chi connectivity index (χ1) is 13.3. The number of nitrogens with zero attached hydrogens (tertiary/aromatic N) is 1. The maximum Gasteiger partial charge on any atom is 0.311 e. The summed E-state index contributed by atoms with van der Waals surface area (Å²) in [7, 11) is 0. The summed E-state index contributed by atoms with van der Waals surface area (Å²) >= 11 is 6.04. The summed E-state index contributed by atoms with van der Waals surface area (Å²) in [5.41, 5.74) is 2.08. The van der Waals surface area contributed by atoms with Crippen LogP contribution in [0.2, 0.25) is 5.02 Å². The number of fused-ring (bicyclic) bond motifs is 1. The SMILES string of the molecule is CCC(C)[C@H](C(=O)O)c1c(C)n(C(=O)c2cccc(Cl)c2)c2ccc(O)cc12. The van der Waals surface area contributed by atoms with E-state index in [1.807, 2.05) is 13.8 Å². The van der Waals surface area contributed by atoms with E-state index in [1.54, 1.807) is 37.3 Å². The molecular weight excluding hydrogens is 378 g/mol. The Labute approximate surface area is 168 Å². The van der Waals surface area contributed by atoms with Crippen molar-refractivity contribution in [3.8, 4) is 5.75 Å². The van der Waals surface area contributed by atoms with Crippen LogP contribution in [0.5, 0.6) is 5.75 Å². The van der Waals surface area contributed by atoms with Crippen molar-refractivity contribution in [2.75, 3.05) is 0 Å². The minimum atomic E-state index is -0.949. The Morgan fingerprint density at radius 1 is 1.18 bits per heavy atom. The van der Waals surface area contributed by atoms with Gasteiger partial charge in [0.05, 0.1) is 11.4 Å². The molecule has 3 rings (SSSR count). The Bertz CT molecular complexity index is 1070. The lowest BCUT2D eigenvalue weighted by molar-refractivity contribution is -0.140. The van der Waals surface area contributed by atoms with E-state index >= 15 is 0 Å². The van der Waals surface area contributed by atoms with E-state index in [2.05, 4.69) is 0 Å². The van der Waals surface area contributed by atoms with Crippen molar-refractivity contribution in [2.24, 2.45) is 5.92 Å². The molecule has 28 heavy (non-hydrogen) atoms. The minimum Gasteiger partial charge on any atom is -0.508 e. The van der Waals surface area contributed by atoms with Gasteiger partial charge >= 0.3 is 5.97 Å². The number of phenolic OH excluding ortho intramolecular Hbond substituents is 1. The van der Waals surface area contributed by atoms with Gasteiger partial charge in [-0.1, -0.05) is 37.9 Å². The fourth-order valence-corrected chi connectivity index (χ4v) is 3.91. The third-order valence-electron chi connectivity index (χ3n) is 5.30. The van der Waals surface area contributed by atoms with Crippen molar-refractivity contribution in [3.05, 3.63) is 64.3 Å². The van der Waals surface area contributed by atoms with Crippen molar-refractivity contribution >= 4 is 34.4 Å². The third kappa shape index (κ3) is 3.38. The molecule has 0 radical (unpaired) electrons. The molecule has 2 atom stereocenters. The number of halogens is 1. The highest BCUT2D eigenvalue weighted by Gasteiger charge is 2.32. The Balaban J connectivity index is 2.32. The molecule has 0 aliphatic rings. The average Bonchev–Trinajstić information content (AvgIpc) is 2.92. The summed E-state index contributed by atoms with van der Waals surface area (Å²) in [5, 5.41) is 20.9. The van der Waals surface area contributed by atoms with Crippen LogP contribution < -0.4 is 0 Å². The van der Waals surface area contributed by atoms with E-state index in [9.17, 15) is 19.8 Å². The van der Waals surface area contributed by atoms with Gasteiger partial charge in [0.15, 0.2) is 0 Å². The summed E-state index contributed by atoms with van der Waals surface area (Å²) in [6, 6.07) is 11.3. The van der Waals surface area contributed by atoms with Gasteiger partial charge < -0.3 is 10.2 Å². The van der Waals surface area contributed by atoms with Gasteiger partial charge in [0, 0.05) is 21.7 Å². The van der Waals surface area contributed by atoms with Gasteiger partial charge in [0.2, 0.25) is 0 Å². The minimum absolute atomic E-state index is 0.0226. The van der Waals surface area contributed by atoms with Crippen molar-refractivity contribution < 1.29 is 19.8 Å². The second-order valence-electron chi connectivity index (χ2n) is 7.05. The van der Waals surface area contributed by atoms with E-state index in [4.69, 9.17) is 11.6 Å². The predicted octanol–water partition coefficient (Wildman–Crippen LogP) is 5.21. The lowest BCUT2D eigenvalue weighted by Gasteiger charge is -2.20. The second kappa shape index (κ2) is 7.68. The highest BCUT2D eigenvalue weighted by molar-refractivity contribution is 6.31. The molecule has 1 heterocycles. The normalized spacial score (nSPS) is 13.4. The summed E-state index contributed by atoms with van der Waals surface area (Å²) in [6.45, 7) is 5.56. The molecule has 6 heteroatoms. The van der Waals surface area contributed by atoms with Gasteiger partial charge in [0.1, 0.15) is 5.75 Å². The number of carboxylic acids is 1. The summed E-state index contributed by atoms with van der Waals surface area (Å²) in [4.78, 5) is 25.4. The van der Waals surface area contributed by atoms with E-state index in [1.165, 1.54) is 16.7 Å². The van der Waals surface area contributed by atoms with Crippen molar-refractivity contribution in [1.29, 1.82) is 0 Å².